The van der Waals surface area contributed by atoms with Crippen molar-refractivity contribution >= 4 is 32.7 Å². The van der Waals surface area contributed by atoms with Crippen LogP contribution in [-0.2, 0) is 21.3 Å². The average Bonchev–Trinajstić information content (AvgIpc) is 2.25. The van der Waals surface area contributed by atoms with Gasteiger partial charge >= 0.3 is 51.3 Å². The van der Waals surface area contributed by atoms with Crippen molar-refractivity contribution in [1.29, 1.82) is 0 Å². The van der Waals surface area contributed by atoms with Crippen molar-refractivity contribution < 1.29 is 58.3 Å². The number of nitrogens with two attached hydrogens (primary N) is 1. The first-order valence-electron chi connectivity index (χ1n) is 5.24. The smallest absolute Gasteiger partial charge is 1.00 e. The van der Waals surface area contributed by atoms with Crippen molar-refractivity contribution in [3.05, 3.63) is 34.2 Å². The Kier molecular flexibility index (Phi) is 5.18. The Balaban J connectivity index is 0.00000220. The molecule has 0 spiro atoms. The van der Waals surface area contributed by atoms with Gasteiger partial charge in [0.2, 0.25) is 0 Å². The van der Waals surface area contributed by atoms with Crippen molar-refractivity contribution in [2.24, 2.45) is 0 Å². The van der Waals surface area contributed by atoms with Gasteiger partial charge in [0.1, 0.15) is 5.58 Å². The van der Waals surface area contributed by atoms with E-state index in [1.807, 2.05) is 0 Å². The first-order chi connectivity index (χ1) is 9.20. The molecule has 21 heavy (non-hydrogen) atoms. The van der Waals surface area contributed by atoms with E-state index < -0.39 is 33.0 Å². The number of hydrogen-bond donors (Lipinski definition) is 3. The second kappa shape index (κ2) is 6.16. The number of anilines is 1. The molecule has 2 aromatic rings. The van der Waals surface area contributed by atoms with Crippen LogP contribution in [0.4, 0.5) is 5.69 Å². The van der Waals surface area contributed by atoms with Gasteiger partial charge in [-0.15, -0.1) is 0 Å². The average molecular weight is 323 g/mol. The van der Waals surface area contributed by atoms with E-state index in [2.05, 4.69) is 0 Å². The van der Waals surface area contributed by atoms with Gasteiger partial charge in [-0.25, -0.2) is 4.79 Å². The summed E-state index contributed by atoms with van der Waals surface area (Å²) in [5, 5.41) is 8.91. The van der Waals surface area contributed by atoms with Gasteiger partial charge in [0, 0.05) is 22.7 Å². The van der Waals surface area contributed by atoms with Gasteiger partial charge in [0.15, 0.2) is 4.90 Å². The van der Waals surface area contributed by atoms with Crippen LogP contribution in [0.25, 0.3) is 11.0 Å². The largest absolute Gasteiger partial charge is 1.00 e. The number of aliphatic carboxylic acids is 1. The number of carboxylic acid groups (broad SMARTS) is 1. The van der Waals surface area contributed by atoms with E-state index in [4.69, 9.17) is 19.8 Å². The number of rotatable bonds is 3. The maximum Gasteiger partial charge on any atom is 1.00 e. The van der Waals surface area contributed by atoms with Crippen LogP contribution in [-0.4, -0.2) is 24.0 Å². The molecule has 1 aromatic heterocycles. The topological polar surface area (TPSA) is 148 Å². The maximum atomic E-state index is 11.7. The van der Waals surface area contributed by atoms with E-state index in [0.717, 1.165) is 0 Å². The predicted octanol–water partition coefficient (Wildman–Crippen LogP) is -2.63. The molecule has 8 nitrogen and oxygen atoms in total. The summed E-state index contributed by atoms with van der Waals surface area (Å²) in [6.45, 7) is 0. The molecule has 0 atom stereocenters. The van der Waals surface area contributed by atoms with Crippen molar-refractivity contribution in [3.63, 3.8) is 0 Å². The zero-order valence-electron chi connectivity index (χ0n) is 11.9. The fourth-order valence-corrected chi connectivity index (χ4v) is 2.60. The van der Waals surface area contributed by atoms with Gasteiger partial charge in [-0.1, -0.05) is 0 Å². The molecule has 1 aromatic carbocycles. The van der Waals surface area contributed by atoms with E-state index in [-0.39, 0.29) is 53.2 Å². The molecule has 0 radical (unpaired) electrons. The molecule has 0 saturated carbocycles. The normalized spacial score (nSPS) is 11.1. The molecule has 0 aliphatic heterocycles. The second-order valence-electron chi connectivity index (χ2n) is 4.00. The molecule has 0 bridgehead atoms. The molecule has 0 saturated heterocycles. The monoisotopic (exact) mass is 323 g/mol. The Morgan fingerprint density at radius 1 is 1.38 bits per heavy atom. The Bertz CT molecular complexity index is 878. The summed E-state index contributed by atoms with van der Waals surface area (Å²) < 4.78 is 36.3. The van der Waals surface area contributed by atoms with Gasteiger partial charge in [0.05, 0.1) is 6.42 Å². The zero-order chi connectivity index (χ0) is 15.1. The van der Waals surface area contributed by atoms with Crippen LogP contribution >= 0.6 is 0 Å². The molecule has 108 valence electrons. The van der Waals surface area contributed by atoms with Crippen LogP contribution in [0.3, 0.4) is 0 Å². The van der Waals surface area contributed by atoms with Crippen molar-refractivity contribution in [3.8, 4) is 0 Å². The fraction of sp³-hybridized carbons (Fsp3) is 0.0909. The van der Waals surface area contributed by atoms with E-state index >= 15 is 0 Å². The number of carboxylic acids is 1. The zero-order valence-corrected chi connectivity index (χ0v) is 13.7. The SMILES string of the molecule is Nc1ccc2c(CC(=O)O)c(S(=O)(=O)O)c(=O)oc2c1.[H-].[Na+]. The summed E-state index contributed by atoms with van der Waals surface area (Å²) in [5.41, 5.74) is 4.01. The quantitative estimate of drug-likeness (QED) is 0.240. The van der Waals surface area contributed by atoms with E-state index in [1.165, 1.54) is 18.2 Å². The Morgan fingerprint density at radius 2 is 2.00 bits per heavy atom. The number of hydrogen-bond acceptors (Lipinski definition) is 6. The second-order valence-corrected chi connectivity index (χ2v) is 5.36. The molecular formula is C11H10NNaO7S. The van der Waals surface area contributed by atoms with Gasteiger partial charge in [0.25, 0.3) is 0 Å². The predicted molar refractivity (Wildman–Crippen MR) is 69.2 cm³/mol. The molecular weight excluding hydrogens is 313 g/mol. The number of benzene rings is 1. The van der Waals surface area contributed by atoms with Crippen LogP contribution in [0.5, 0.6) is 0 Å². The van der Waals surface area contributed by atoms with Crippen LogP contribution in [0.15, 0.2) is 32.3 Å². The van der Waals surface area contributed by atoms with Crippen molar-refractivity contribution in [2.75, 3.05) is 5.73 Å². The minimum absolute atomic E-state index is 0. The summed E-state index contributed by atoms with van der Waals surface area (Å²) in [6.07, 6.45) is -0.763. The maximum absolute atomic E-state index is 11.7. The summed E-state index contributed by atoms with van der Waals surface area (Å²) in [6, 6.07) is 3.97. The van der Waals surface area contributed by atoms with Gasteiger partial charge in [-0.2, -0.15) is 8.42 Å². The van der Waals surface area contributed by atoms with E-state index in [0.29, 0.717) is 0 Å². The van der Waals surface area contributed by atoms with Crippen molar-refractivity contribution in [2.45, 2.75) is 11.3 Å². The van der Waals surface area contributed by atoms with Gasteiger partial charge in [-0.05, 0) is 12.1 Å². The molecule has 10 heteroatoms. The summed E-state index contributed by atoms with van der Waals surface area (Å²) >= 11 is 0. The molecule has 0 amide bonds. The van der Waals surface area contributed by atoms with E-state index in [9.17, 15) is 18.0 Å². The molecule has 1 heterocycles. The summed E-state index contributed by atoms with van der Waals surface area (Å²) in [5.74, 6) is -1.36. The van der Waals surface area contributed by atoms with Crippen molar-refractivity contribution in [1.82, 2.24) is 0 Å². The molecule has 2 rings (SSSR count). The van der Waals surface area contributed by atoms with Crippen LogP contribution in [0, 0.1) is 0 Å². The number of nitrogen functional groups attached to an aromatic ring is 1. The minimum atomic E-state index is -4.91. The van der Waals surface area contributed by atoms with Gasteiger partial charge < -0.3 is 16.7 Å². The Labute approximate surface area is 142 Å². The third kappa shape index (κ3) is 3.63. The molecule has 0 unspecified atom stereocenters. The standard InChI is InChI=1S/C11H9NO7S.Na.H/c12-5-1-2-6-7(4-9(13)14)10(20(16,17)18)11(15)19-8(6)3-5;;/h1-3H,4,12H2,(H,13,14)(H,16,17,18);;/q;+1;-1. The van der Waals surface area contributed by atoms with E-state index in [1.54, 1.807) is 0 Å². The van der Waals surface area contributed by atoms with Crippen LogP contribution in [0.1, 0.15) is 6.99 Å². The number of carbonyl (C=O) groups is 1. The Morgan fingerprint density at radius 3 is 2.52 bits per heavy atom. The molecule has 4 N–H and O–H groups in total. The fourth-order valence-electron chi connectivity index (χ4n) is 1.85. The first-order valence-corrected chi connectivity index (χ1v) is 6.68. The third-order valence-electron chi connectivity index (χ3n) is 2.58. The Hall–Kier alpha value is -1.39. The summed E-state index contributed by atoms with van der Waals surface area (Å²) in [7, 11) is -4.91. The van der Waals surface area contributed by atoms with Gasteiger partial charge in [-0.3, -0.25) is 9.35 Å². The first kappa shape index (κ1) is 17.7. The summed E-state index contributed by atoms with van der Waals surface area (Å²) in [4.78, 5) is 21.4. The van der Waals surface area contributed by atoms with Crippen LogP contribution < -0.4 is 40.9 Å². The minimum Gasteiger partial charge on any atom is -1.00 e. The molecule has 0 aliphatic rings. The molecule has 0 fully saturated rings. The third-order valence-corrected chi connectivity index (χ3v) is 3.51. The van der Waals surface area contributed by atoms with Crippen LogP contribution in [0.2, 0.25) is 0 Å². The number of fused-ring (bicyclic) bond motifs is 1. The molecule has 0 aliphatic carbocycles.